The molecule has 2 aromatic heterocycles. The number of thioether (sulfide) groups is 1. The quantitative estimate of drug-likeness (QED) is 0.255. The normalized spacial score (nSPS) is 11.9. The van der Waals surface area contributed by atoms with E-state index in [4.69, 9.17) is 9.72 Å². The summed E-state index contributed by atoms with van der Waals surface area (Å²) in [7, 11) is 1.03. The molecule has 0 atom stereocenters. The maximum Gasteiger partial charge on any atom is 0.242 e. The molecule has 5 rings (SSSR count). The summed E-state index contributed by atoms with van der Waals surface area (Å²) in [5.41, 5.74) is 2.43. The smallest absolute Gasteiger partial charge is 0.242 e. The highest BCUT2D eigenvalue weighted by atomic mass is 32.2. The third-order valence-electron chi connectivity index (χ3n) is 5.48. The van der Waals surface area contributed by atoms with Crippen molar-refractivity contribution in [1.82, 2.24) is 24.1 Å². The molecule has 2 heterocycles. The Balaban J connectivity index is 1.57. The van der Waals surface area contributed by atoms with E-state index in [0.29, 0.717) is 28.0 Å². The number of rotatable bonds is 8. The fraction of sp³-hybridized carbons (Fsp3) is 0.160. The minimum absolute atomic E-state index is 0.189. The second kappa shape index (κ2) is 10.0. The molecule has 0 bridgehead atoms. The number of thiazole rings is 1. The van der Waals surface area contributed by atoms with Crippen molar-refractivity contribution in [3.8, 4) is 22.8 Å². The molecular formula is C25H23N5O3S3. The lowest BCUT2D eigenvalue weighted by atomic mass is 10.2. The van der Waals surface area contributed by atoms with Crippen LogP contribution < -0.4 is 4.74 Å². The number of sulfonamides is 1. The average molecular weight is 538 g/mol. The molecule has 8 nitrogen and oxygen atoms in total. The number of methoxy groups -OCH3 is 1. The van der Waals surface area contributed by atoms with Crippen LogP contribution in [0.4, 0.5) is 0 Å². The van der Waals surface area contributed by atoms with E-state index in [0.717, 1.165) is 20.9 Å². The van der Waals surface area contributed by atoms with Crippen LogP contribution in [0, 0.1) is 0 Å². The largest absolute Gasteiger partial charge is 0.497 e. The van der Waals surface area contributed by atoms with Gasteiger partial charge in [0, 0.05) is 25.7 Å². The van der Waals surface area contributed by atoms with Crippen molar-refractivity contribution >= 4 is 43.3 Å². The Kier molecular flexibility index (Phi) is 6.80. The summed E-state index contributed by atoms with van der Waals surface area (Å²) in [6, 6.07) is 22.4. The summed E-state index contributed by atoms with van der Waals surface area (Å²) in [4.78, 5) is 4.92. The Labute approximate surface area is 217 Å². The van der Waals surface area contributed by atoms with Crippen LogP contribution in [0.2, 0.25) is 0 Å². The van der Waals surface area contributed by atoms with E-state index in [1.165, 1.54) is 30.2 Å². The topological polar surface area (TPSA) is 90.2 Å². The third-order valence-corrected chi connectivity index (χ3v) is 9.45. The molecule has 0 N–H and O–H groups in total. The molecule has 0 saturated carbocycles. The Hall–Kier alpha value is -3.25. The molecule has 11 heteroatoms. The summed E-state index contributed by atoms with van der Waals surface area (Å²) in [6.07, 6.45) is 0. The van der Waals surface area contributed by atoms with Crippen molar-refractivity contribution in [2.24, 2.45) is 0 Å². The summed E-state index contributed by atoms with van der Waals surface area (Å²) in [6.45, 7) is 0. The van der Waals surface area contributed by atoms with Crippen LogP contribution in [0.3, 0.4) is 0 Å². The Morgan fingerprint density at radius 2 is 1.81 bits per heavy atom. The van der Waals surface area contributed by atoms with E-state index < -0.39 is 10.0 Å². The SMILES string of the molecule is COc1cccc(-n2c(SCc3nc4ccccc4s3)nnc2-c2cccc(S(=O)(=O)N(C)C)c2)c1. The number of fused-ring (bicyclic) bond motifs is 1. The Morgan fingerprint density at radius 1 is 1.00 bits per heavy atom. The van der Waals surface area contributed by atoms with Gasteiger partial charge < -0.3 is 4.74 Å². The minimum atomic E-state index is -3.60. The molecule has 0 spiro atoms. The average Bonchev–Trinajstić information content (AvgIpc) is 3.51. The minimum Gasteiger partial charge on any atom is -0.497 e. The van der Waals surface area contributed by atoms with Crippen LogP contribution in [0.1, 0.15) is 5.01 Å². The first-order valence-electron chi connectivity index (χ1n) is 11.0. The van der Waals surface area contributed by atoms with Gasteiger partial charge in [-0.2, -0.15) is 0 Å². The zero-order valence-electron chi connectivity index (χ0n) is 19.8. The van der Waals surface area contributed by atoms with Crippen LogP contribution in [0.5, 0.6) is 5.75 Å². The maximum absolute atomic E-state index is 12.7. The summed E-state index contributed by atoms with van der Waals surface area (Å²) >= 11 is 3.18. The molecule has 0 fully saturated rings. The standard InChI is InChI=1S/C25H23N5O3S3/c1-29(2)36(31,32)20-11-6-8-17(14-20)24-27-28-25(30(24)18-9-7-10-19(15-18)33-3)34-16-23-26-21-12-4-5-13-22(21)35-23/h4-15H,16H2,1-3H3. The van der Waals surface area contributed by atoms with E-state index in [-0.39, 0.29) is 4.90 Å². The van der Waals surface area contributed by atoms with E-state index >= 15 is 0 Å². The number of nitrogens with zero attached hydrogens (tertiary/aromatic N) is 5. The van der Waals surface area contributed by atoms with Gasteiger partial charge >= 0.3 is 0 Å². The second-order valence-corrected chi connectivity index (χ2v) is 12.2. The fourth-order valence-electron chi connectivity index (χ4n) is 3.65. The van der Waals surface area contributed by atoms with Gasteiger partial charge in [-0.1, -0.05) is 42.1 Å². The van der Waals surface area contributed by atoms with Gasteiger partial charge in [0.15, 0.2) is 11.0 Å². The first-order chi connectivity index (χ1) is 17.4. The van der Waals surface area contributed by atoms with Crippen molar-refractivity contribution in [1.29, 1.82) is 0 Å². The number of hydrogen-bond acceptors (Lipinski definition) is 8. The predicted octanol–water partition coefficient (Wildman–Crippen LogP) is 5.10. The Morgan fingerprint density at radius 3 is 2.58 bits per heavy atom. The maximum atomic E-state index is 12.7. The van der Waals surface area contributed by atoms with Gasteiger partial charge in [-0.25, -0.2) is 17.7 Å². The molecule has 36 heavy (non-hydrogen) atoms. The van der Waals surface area contributed by atoms with Crippen molar-refractivity contribution < 1.29 is 13.2 Å². The highest BCUT2D eigenvalue weighted by molar-refractivity contribution is 7.98. The number of para-hydroxylation sites is 1. The van der Waals surface area contributed by atoms with Crippen molar-refractivity contribution in [2.75, 3.05) is 21.2 Å². The summed E-state index contributed by atoms with van der Waals surface area (Å²) in [5.74, 6) is 1.85. The van der Waals surface area contributed by atoms with Crippen molar-refractivity contribution in [3.05, 3.63) is 77.8 Å². The van der Waals surface area contributed by atoms with Gasteiger partial charge in [-0.05, 0) is 36.4 Å². The van der Waals surface area contributed by atoms with Crippen molar-refractivity contribution in [3.63, 3.8) is 0 Å². The van der Waals surface area contributed by atoms with Gasteiger partial charge in [0.05, 0.1) is 33.7 Å². The molecule has 5 aromatic rings. The molecule has 0 aliphatic rings. The van der Waals surface area contributed by atoms with E-state index in [9.17, 15) is 8.42 Å². The van der Waals surface area contributed by atoms with Gasteiger partial charge in [0.1, 0.15) is 10.8 Å². The first kappa shape index (κ1) is 24.4. The predicted molar refractivity (Wildman–Crippen MR) is 143 cm³/mol. The molecule has 0 amide bonds. The Bertz CT molecular complexity index is 1610. The number of aromatic nitrogens is 4. The highest BCUT2D eigenvalue weighted by Crippen LogP contribution is 2.33. The van der Waals surface area contributed by atoms with Crippen LogP contribution in [-0.4, -0.2) is 53.7 Å². The summed E-state index contributed by atoms with van der Waals surface area (Å²) < 4.78 is 35.2. The molecule has 0 unspecified atom stereocenters. The molecule has 0 aliphatic carbocycles. The molecule has 0 radical (unpaired) electrons. The zero-order chi connectivity index (χ0) is 25.3. The number of ether oxygens (including phenoxy) is 1. The number of benzene rings is 3. The lowest BCUT2D eigenvalue weighted by molar-refractivity contribution is 0.414. The summed E-state index contributed by atoms with van der Waals surface area (Å²) in [5, 5.41) is 10.6. The van der Waals surface area contributed by atoms with Crippen molar-refractivity contribution in [2.45, 2.75) is 15.8 Å². The molecule has 184 valence electrons. The molecule has 0 aliphatic heterocycles. The van der Waals surface area contributed by atoms with Crippen LogP contribution in [-0.2, 0) is 15.8 Å². The molecule has 0 saturated heterocycles. The monoisotopic (exact) mass is 537 g/mol. The highest BCUT2D eigenvalue weighted by Gasteiger charge is 2.21. The lowest BCUT2D eigenvalue weighted by Gasteiger charge is -2.14. The van der Waals surface area contributed by atoms with Gasteiger partial charge in [-0.15, -0.1) is 21.5 Å². The van der Waals surface area contributed by atoms with Crippen LogP contribution >= 0.6 is 23.1 Å². The van der Waals surface area contributed by atoms with Gasteiger partial charge in [0.25, 0.3) is 0 Å². The second-order valence-electron chi connectivity index (χ2n) is 8.02. The molecule has 3 aromatic carbocycles. The first-order valence-corrected chi connectivity index (χ1v) is 14.2. The lowest BCUT2D eigenvalue weighted by Crippen LogP contribution is -2.22. The van der Waals surface area contributed by atoms with Crippen LogP contribution in [0.15, 0.2) is 82.8 Å². The number of hydrogen-bond donors (Lipinski definition) is 0. The van der Waals surface area contributed by atoms with E-state index in [1.54, 1.807) is 36.6 Å². The fourth-order valence-corrected chi connectivity index (χ4v) is 6.51. The third kappa shape index (κ3) is 4.74. The van der Waals surface area contributed by atoms with E-state index in [1.807, 2.05) is 53.1 Å². The zero-order valence-corrected chi connectivity index (χ0v) is 22.3. The molecular weight excluding hydrogens is 515 g/mol. The van der Waals surface area contributed by atoms with Crippen LogP contribution in [0.25, 0.3) is 27.3 Å². The van der Waals surface area contributed by atoms with E-state index in [2.05, 4.69) is 16.3 Å². The van der Waals surface area contributed by atoms with Gasteiger partial charge in [0.2, 0.25) is 10.0 Å². The van der Waals surface area contributed by atoms with Gasteiger partial charge in [-0.3, -0.25) is 4.57 Å².